The zero-order valence-corrected chi connectivity index (χ0v) is 9.45. The molecule has 1 rings (SSSR count). The van der Waals surface area contributed by atoms with Gasteiger partial charge in [-0.05, 0) is 40.2 Å². The molecule has 2 N–H and O–H groups in total. The molecule has 1 saturated carbocycles. The van der Waals surface area contributed by atoms with Crippen molar-refractivity contribution in [1.82, 2.24) is 4.90 Å². The quantitative estimate of drug-likeness (QED) is 0.739. The van der Waals surface area contributed by atoms with Crippen molar-refractivity contribution in [3.8, 4) is 6.07 Å². The van der Waals surface area contributed by atoms with Crippen LogP contribution in [0.1, 0.15) is 39.5 Å². The van der Waals surface area contributed by atoms with Gasteiger partial charge in [-0.15, -0.1) is 0 Å². The highest BCUT2D eigenvalue weighted by Crippen LogP contribution is 2.26. The molecule has 80 valence electrons. The molecule has 0 saturated heterocycles. The smallest absolute Gasteiger partial charge is 0.102 e. The molecule has 3 nitrogen and oxygen atoms in total. The molecule has 0 spiro atoms. The highest BCUT2D eigenvalue weighted by atomic mass is 15.2. The van der Waals surface area contributed by atoms with Crippen LogP contribution in [0.2, 0.25) is 0 Å². The molecule has 0 heterocycles. The summed E-state index contributed by atoms with van der Waals surface area (Å²) < 4.78 is 0. The van der Waals surface area contributed by atoms with E-state index in [2.05, 4.69) is 24.9 Å². The Hall–Kier alpha value is -0.590. The third-order valence-electron chi connectivity index (χ3n) is 3.32. The van der Waals surface area contributed by atoms with Gasteiger partial charge in [-0.25, -0.2) is 0 Å². The van der Waals surface area contributed by atoms with Crippen molar-refractivity contribution in [1.29, 1.82) is 5.26 Å². The van der Waals surface area contributed by atoms with Crippen LogP contribution < -0.4 is 5.73 Å². The second kappa shape index (κ2) is 4.29. The Morgan fingerprint density at radius 3 is 2.57 bits per heavy atom. The summed E-state index contributed by atoms with van der Waals surface area (Å²) in [6.07, 6.45) is 4.69. The van der Waals surface area contributed by atoms with Crippen molar-refractivity contribution in [3.63, 3.8) is 0 Å². The fourth-order valence-electron chi connectivity index (χ4n) is 1.96. The second-order valence-corrected chi connectivity index (χ2v) is 4.83. The van der Waals surface area contributed by atoms with Gasteiger partial charge in [0.15, 0.2) is 0 Å². The number of hydrogen-bond acceptors (Lipinski definition) is 3. The third-order valence-corrected chi connectivity index (χ3v) is 3.32. The van der Waals surface area contributed by atoms with Crippen LogP contribution in [0.4, 0.5) is 0 Å². The first-order chi connectivity index (χ1) is 6.46. The van der Waals surface area contributed by atoms with Gasteiger partial charge < -0.3 is 10.6 Å². The Labute approximate surface area is 86.9 Å². The standard InChI is InChI=1S/C11H21N3/c1-9(7-11(2,13)8-12)14(3)10-5-4-6-10/h9-10H,4-7,13H2,1-3H3. The fraction of sp³-hybridized carbons (Fsp3) is 0.909. The molecular weight excluding hydrogens is 174 g/mol. The summed E-state index contributed by atoms with van der Waals surface area (Å²) in [5.41, 5.74) is 5.14. The average Bonchev–Trinajstić information content (AvgIpc) is 2.00. The molecule has 0 aromatic carbocycles. The van der Waals surface area contributed by atoms with Gasteiger partial charge in [0.25, 0.3) is 0 Å². The second-order valence-electron chi connectivity index (χ2n) is 4.83. The first-order valence-electron chi connectivity index (χ1n) is 5.38. The van der Waals surface area contributed by atoms with Gasteiger partial charge in [-0.3, -0.25) is 0 Å². The predicted molar refractivity (Wildman–Crippen MR) is 57.7 cm³/mol. The van der Waals surface area contributed by atoms with Crippen molar-refractivity contribution >= 4 is 0 Å². The van der Waals surface area contributed by atoms with E-state index in [1.807, 2.05) is 0 Å². The van der Waals surface area contributed by atoms with Crippen LogP contribution in [0.3, 0.4) is 0 Å². The number of nitrogens with zero attached hydrogens (tertiary/aromatic N) is 2. The zero-order valence-electron chi connectivity index (χ0n) is 9.45. The molecule has 14 heavy (non-hydrogen) atoms. The van der Waals surface area contributed by atoms with Crippen LogP contribution in [0.5, 0.6) is 0 Å². The van der Waals surface area contributed by atoms with Crippen molar-refractivity contribution in [2.45, 2.75) is 57.2 Å². The van der Waals surface area contributed by atoms with Crippen LogP contribution in [0.15, 0.2) is 0 Å². The molecule has 2 unspecified atom stereocenters. The van der Waals surface area contributed by atoms with E-state index in [0.717, 1.165) is 12.5 Å². The summed E-state index contributed by atoms with van der Waals surface area (Å²) in [4.78, 5) is 2.37. The van der Waals surface area contributed by atoms with Crippen LogP contribution in [0.25, 0.3) is 0 Å². The van der Waals surface area contributed by atoms with Gasteiger partial charge in [0.1, 0.15) is 5.54 Å². The maximum atomic E-state index is 8.84. The highest BCUT2D eigenvalue weighted by Gasteiger charge is 2.29. The summed E-state index contributed by atoms with van der Waals surface area (Å²) in [6.45, 7) is 3.96. The Balaban J connectivity index is 2.41. The lowest BCUT2D eigenvalue weighted by Gasteiger charge is -2.40. The molecule has 0 bridgehead atoms. The lowest BCUT2D eigenvalue weighted by atomic mass is 9.88. The van der Waals surface area contributed by atoms with Gasteiger partial charge in [0, 0.05) is 12.1 Å². The summed E-state index contributed by atoms with van der Waals surface area (Å²) >= 11 is 0. The number of nitriles is 1. The molecule has 0 aromatic heterocycles. The number of rotatable bonds is 4. The molecule has 0 aliphatic heterocycles. The molecule has 1 fully saturated rings. The molecule has 0 radical (unpaired) electrons. The first-order valence-corrected chi connectivity index (χ1v) is 5.38. The zero-order chi connectivity index (χ0) is 10.8. The molecule has 1 aliphatic carbocycles. The number of hydrogen-bond donors (Lipinski definition) is 1. The topological polar surface area (TPSA) is 53.1 Å². The fourth-order valence-corrected chi connectivity index (χ4v) is 1.96. The van der Waals surface area contributed by atoms with Gasteiger partial charge >= 0.3 is 0 Å². The molecule has 0 amide bonds. The van der Waals surface area contributed by atoms with E-state index >= 15 is 0 Å². The Morgan fingerprint density at radius 1 is 1.64 bits per heavy atom. The van der Waals surface area contributed by atoms with Crippen LogP contribution in [-0.4, -0.2) is 29.6 Å². The maximum absolute atomic E-state index is 8.84. The van der Waals surface area contributed by atoms with E-state index in [1.165, 1.54) is 19.3 Å². The Bertz CT molecular complexity index is 225. The van der Waals surface area contributed by atoms with E-state index < -0.39 is 5.54 Å². The van der Waals surface area contributed by atoms with Crippen molar-refractivity contribution in [2.24, 2.45) is 5.73 Å². The normalized spacial score (nSPS) is 23.7. The van der Waals surface area contributed by atoms with E-state index in [0.29, 0.717) is 6.04 Å². The van der Waals surface area contributed by atoms with Gasteiger partial charge in [-0.1, -0.05) is 6.42 Å². The Kier molecular flexibility index (Phi) is 3.52. The molecule has 0 aromatic rings. The van der Waals surface area contributed by atoms with Crippen molar-refractivity contribution in [3.05, 3.63) is 0 Å². The van der Waals surface area contributed by atoms with Crippen LogP contribution in [0, 0.1) is 11.3 Å². The lowest BCUT2D eigenvalue weighted by molar-refractivity contribution is 0.106. The summed E-state index contributed by atoms with van der Waals surface area (Å²) in [5, 5.41) is 8.84. The highest BCUT2D eigenvalue weighted by molar-refractivity contribution is 5.03. The van der Waals surface area contributed by atoms with Crippen LogP contribution >= 0.6 is 0 Å². The number of nitrogens with two attached hydrogens (primary N) is 1. The lowest BCUT2D eigenvalue weighted by Crippen LogP contribution is -2.47. The average molecular weight is 195 g/mol. The van der Waals surface area contributed by atoms with E-state index in [-0.39, 0.29) is 0 Å². The summed E-state index contributed by atoms with van der Waals surface area (Å²) in [5.74, 6) is 0. The van der Waals surface area contributed by atoms with Crippen molar-refractivity contribution in [2.75, 3.05) is 7.05 Å². The predicted octanol–water partition coefficient (Wildman–Crippen LogP) is 1.49. The van der Waals surface area contributed by atoms with Gasteiger partial charge in [-0.2, -0.15) is 5.26 Å². The molecule has 2 atom stereocenters. The van der Waals surface area contributed by atoms with Gasteiger partial charge in [0.05, 0.1) is 6.07 Å². The summed E-state index contributed by atoms with van der Waals surface area (Å²) in [6, 6.07) is 3.27. The molecule has 1 aliphatic rings. The van der Waals surface area contributed by atoms with Gasteiger partial charge in [0.2, 0.25) is 0 Å². The SMILES string of the molecule is CC(CC(C)(N)C#N)N(C)C1CCC1. The van der Waals surface area contributed by atoms with E-state index in [4.69, 9.17) is 11.0 Å². The largest absolute Gasteiger partial charge is 0.314 e. The molecular formula is C11H21N3. The van der Waals surface area contributed by atoms with E-state index in [1.54, 1.807) is 6.92 Å². The first kappa shape index (κ1) is 11.5. The molecule has 3 heteroatoms. The minimum atomic E-state index is -0.683. The Morgan fingerprint density at radius 2 is 2.21 bits per heavy atom. The minimum absolute atomic E-state index is 0.398. The summed E-state index contributed by atoms with van der Waals surface area (Å²) in [7, 11) is 2.14. The third kappa shape index (κ3) is 2.70. The maximum Gasteiger partial charge on any atom is 0.102 e. The minimum Gasteiger partial charge on any atom is -0.314 e. The van der Waals surface area contributed by atoms with Crippen molar-refractivity contribution < 1.29 is 0 Å². The van der Waals surface area contributed by atoms with E-state index in [9.17, 15) is 0 Å². The van der Waals surface area contributed by atoms with Crippen LogP contribution in [-0.2, 0) is 0 Å². The monoisotopic (exact) mass is 195 g/mol.